The van der Waals surface area contributed by atoms with Crippen molar-refractivity contribution < 1.29 is 18.3 Å². The van der Waals surface area contributed by atoms with E-state index in [1.807, 2.05) is 13.8 Å². The van der Waals surface area contributed by atoms with Crippen LogP contribution in [0.2, 0.25) is 0 Å². The summed E-state index contributed by atoms with van der Waals surface area (Å²) in [6.45, 7) is 9.67. The van der Waals surface area contributed by atoms with Gasteiger partial charge in [-0.15, -0.1) is 0 Å². The molecule has 0 saturated heterocycles. The molecular weight excluding hydrogens is 403 g/mol. The molecule has 1 atom stereocenters. The molecule has 0 aliphatic heterocycles. The van der Waals surface area contributed by atoms with E-state index in [1.54, 1.807) is 25.3 Å². The number of nitrogens with zero attached hydrogens (tertiary/aromatic N) is 3. The van der Waals surface area contributed by atoms with Crippen LogP contribution in [0.25, 0.3) is 11.4 Å². The van der Waals surface area contributed by atoms with Crippen molar-refractivity contribution in [1.29, 1.82) is 0 Å². The predicted octanol–water partition coefficient (Wildman–Crippen LogP) is 3.78. The Bertz CT molecular complexity index is 1200. The molecule has 0 bridgehead atoms. The van der Waals surface area contributed by atoms with E-state index in [0.29, 0.717) is 35.5 Å². The lowest BCUT2D eigenvalue weighted by Crippen LogP contribution is -2.22. The summed E-state index contributed by atoms with van der Waals surface area (Å²) >= 11 is 0. The summed E-state index contributed by atoms with van der Waals surface area (Å²) < 4.78 is 39.3. The number of aromatic nitrogens is 3. The van der Waals surface area contributed by atoms with Gasteiger partial charge in [0.1, 0.15) is 36.6 Å². The number of rotatable bonds is 7. The van der Waals surface area contributed by atoms with Gasteiger partial charge in [-0.25, -0.2) is 8.78 Å². The Labute approximate surface area is 179 Å². The molecule has 2 radical (unpaired) electrons. The van der Waals surface area contributed by atoms with Crippen molar-refractivity contribution in [3.05, 3.63) is 87.9 Å². The number of halogens is 2. The minimum Gasteiger partial charge on any atom is -0.494 e. The molecule has 0 spiro atoms. The van der Waals surface area contributed by atoms with Crippen LogP contribution in [0, 0.1) is 25.5 Å². The van der Waals surface area contributed by atoms with E-state index >= 15 is 0 Å². The molecule has 0 saturated carbocycles. The lowest BCUT2D eigenvalue weighted by Gasteiger charge is -2.18. The molecule has 0 amide bonds. The fourth-order valence-corrected chi connectivity index (χ4v) is 3.04. The fourth-order valence-electron chi connectivity index (χ4n) is 3.04. The van der Waals surface area contributed by atoms with Crippen molar-refractivity contribution in [3.63, 3.8) is 0 Å². The Morgan fingerprint density at radius 3 is 2.58 bits per heavy atom. The quantitative estimate of drug-likeness (QED) is 0.428. The maximum Gasteiger partial charge on any atom is 0.259 e. The van der Waals surface area contributed by atoms with Crippen LogP contribution >= 0.6 is 0 Å². The first-order valence-corrected chi connectivity index (χ1v) is 9.47. The van der Waals surface area contributed by atoms with Gasteiger partial charge in [0, 0.05) is 30.1 Å². The Hall–Kier alpha value is -3.49. The molecule has 31 heavy (non-hydrogen) atoms. The third kappa shape index (κ3) is 4.82. The van der Waals surface area contributed by atoms with Crippen molar-refractivity contribution in [2.24, 2.45) is 0 Å². The molecule has 9 heteroatoms. The number of ether oxygens (including phenoxy) is 2. The zero-order valence-electron chi connectivity index (χ0n) is 17.4. The van der Waals surface area contributed by atoms with Crippen LogP contribution in [-0.4, -0.2) is 29.0 Å². The molecule has 1 unspecified atom stereocenters. The summed E-state index contributed by atoms with van der Waals surface area (Å²) in [7, 11) is 5.85. The van der Waals surface area contributed by atoms with E-state index in [4.69, 9.17) is 17.3 Å². The smallest absolute Gasteiger partial charge is 0.259 e. The first-order chi connectivity index (χ1) is 14.7. The fraction of sp³-hybridized carbons (Fsp3) is 0.227. The predicted molar refractivity (Wildman–Crippen MR) is 113 cm³/mol. The average molecular weight is 423 g/mol. The molecule has 3 aromatic rings. The summed E-state index contributed by atoms with van der Waals surface area (Å²) in [5, 5.41) is 0. The maximum absolute atomic E-state index is 13.9. The van der Waals surface area contributed by atoms with E-state index < -0.39 is 23.2 Å². The molecule has 0 fully saturated rings. The number of aryl methyl sites for hydroxylation is 2. The first-order valence-electron chi connectivity index (χ1n) is 9.47. The number of pyridine rings is 3. The summed E-state index contributed by atoms with van der Waals surface area (Å²) in [5.74, 6) is -1.24. The zero-order chi connectivity index (χ0) is 22.7. The lowest BCUT2D eigenvalue weighted by molar-refractivity contribution is 0.274. The Kier molecular flexibility index (Phi) is 6.53. The van der Waals surface area contributed by atoms with Crippen LogP contribution in [0.3, 0.4) is 0 Å². The van der Waals surface area contributed by atoms with Crippen LogP contribution in [0.4, 0.5) is 8.78 Å². The first kappa shape index (κ1) is 22.2. The second-order valence-corrected chi connectivity index (χ2v) is 6.78. The van der Waals surface area contributed by atoms with E-state index in [9.17, 15) is 13.6 Å². The highest BCUT2D eigenvalue weighted by Crippen LogP contribution is 2.23. The Balaban J connectivity index is 1.95. The Morgan fingerprint density at radius 1 is 1.19 bits per heavy atom. The third-order valence-electron chi connectivity index (χ3n) is 4.48. The molecule has 0 aliphatic carbocycles. The zero-order valence-corrected chi connectivity index (χ0v) is 17.4. The molecule has 3 aromatic heterocycles. The molecular formula is C22H20BF2N3O3. The van der Waals surface area contributed by atoms with Crippen LogP contribution in [0.5, 0.6) is 5.75 Å². The highest BCUT2D eigenvalue weighted by atomic mass is 19.1. The molecule has 0 N–H and O–H groups in total. The van der Waals surface area contributed by atoms with Gasteiger partial charge in [0.05, 0.1) is 24.5 Å². The van der Waals surface area contributed by atoms with Crippen LogP contribution < -0.4 is 10.3 Å². The van der Waals surface area contributed by atoms with Gasteiger partial charge in [0.2, 0.25) is 0 Å². The summed E-state index contributed by atoms with van der Waals surface area (Å²) in [6.07, 6.45) is 2.47. The second kappa shape index (κ2) is 9.12. The van der Waals surface area contributed by atoms with Gasteiger partial charge in [-0.05, 0) is 32.4 Å². The van der Waals surface area contributed by atoms with Crippen LogP contribution in [-0.2, 0) is 4.74 Å². The van der Waals surface area contributed by atoms with Crippen molar-refractivity contribution in [2.45, 2.75) is 26.8 Å². The lowest BCUT2D eigenvalue weighted by atomic mass is 9.95. The summed E-state index contributed by atoms with van der Waals surface area (Å²) in [5.41, 5.74) is 1.76. The summed E-state index contributed by atoms with van der Waals surface area (Å²) in [4.78, 5) is 20.8. The minimum absolute atomic E-state index is 0.127. The van der Waals surface area contributed by atoms with E-state index in [0.717, 1.165) is 11.8 Å². The van der Waals surface area contributed by atoms with E-state index in [-0.39, 0.29) is 11.4 Å². The second-order valence-electron chi connectivity index (χ2n) is 6.78. The van der Waals surface area contributed by atoms with Crippen molar-refractivity contribution in [2.75, 3.05) is 6.61 Å². The number of hydrogen-bond acceptors (Lipinski definition) is 5. The monoisotopic (exact) mass is 423 g/mol. The van der Waals surface area contributed by atoms with Crippen molar-refractivity contribution in [3.8, 4) is 11.4 Å². The Morgan fingerprint density at radius 2 is 1.94 bits per heavy atom. The normalized spacial score (nSPS) is 11.8. The van der Waals surface area contributed by atoms with Gasteiger partial charge in [0.25, 0.3) is 5.56 Å². The maximum atomic E-state index is 13.9. The highest BCUT2D eigenvalue weighted by Gasteiger charge is 2.17. The van der Waals surface area contributed by atoms with E-state index in [2.05, 4.69) is 16.5 Å². The highest BCUT2D eigenvalue weighted by molar-refractivity contribution is 6.11. The molecule has 3 rings (SSSR count). The molecule has 0 aromatic carbocycles. The number of hydrogen-bond donors (Lipinski definition) is 0. The SMILES string of the molecule is [B]C(Oc1cc(C)n(-c2cc(C(=C)OCC)ncc2C)c(=O)c1)c1ncc(F)cc1F. The van der Waals surface area contributed by atoms with Gasteiger partial charge in [-0.3, -0.25) is 19.3 Å². The minimum atomic E-state index is -1.32. The molecule has 158 valence electrons. The van der Waals surface area contributed by atoms with Crippen molar-refractivity contribution >= 4 is 13.6 Å². The van der Waals surface area contributed by atoms with Crippen molar-refractivity contribution in [1.82, 2.24) is 14.5 Å². The van der Waals surface area contributed by atoms with Gasteiger partial charge in [-0.1, -0.05) is 6.58 Å². The van der Waals surface area contributed by atoms with Crippen LogP contribution in [0.15, 0.2) is 48.0 Å². The largest absolute Gasteiger partial charge is 0.494 e. The molecule has 6 nitrogen and oxygen atoms in total. The molecule has 3 heterocycles. The topological polar surface area (TPSA) is 66.2 Å². The third-order valence-corrected chi connectivity index (χ3v) is 4.48. The van der Waals surface area contributed by atoms with Gasteiger partial charge >= 0.3 is 0 Å². The van der Waals surface area contributed by atoms with Gasteiger partial charge in [-0.2, -0.15) is 0 Å². The van der Waals surface area contributed by atoms with Gasteiger partial charge in [0.15, 0.2) is 5.82 Å². The standard InChI is InChI=1S/C22H20BF2N3O3/c1-5-30-14(4)18-9-19(12(2)10-26-18)28-13(3)6-16(8-20(28)29)31-22(23)21-17(25)7-15(24)11-27-21/h6-11,22H,4-5H2,1-3H3. The average Bonchev–Trinajstić information content (AvgIpc) is 2.68. The summed E-state index contributed by atoms with van der Waals surface area (Å²) in [6, 6.07) is 3.87. The van der Waals surface area contributed by atoms with Gasteiger partial charge < -0.3 is 9.47 Å². The van der Waals surface area contributed by atoms with Crippen LogP contribution in [0.1, 0.15) is 35.6 Å². The van der Waals surface area contributed by atoms with E-state index in [1.165, 1.54) is 10.6 Å². The molecule has 0 aliphatic rings.